The van der Waals surface area contributed by atoms with E-state index in [1.807, 2.05) is 6.07 Å². The molecule has 1 aliphatic rings. The van der Waals surface area contributed by atoms with E-state index in [4.69, 9.17) is 0 Å². The molecule has 1 aromatic carbocycles. The number of benzene rings is 1. The van der Waals surface area contributed by atoms with Gasteiger partial charge in [-0.15, -0.1) is 24.8 Å². The predicted molar refractivity (Wildman–Crippen MR) is 115 cm³/mol. The number of nitrogens with zero attached hydrogens (tertiary/aromatic N) is 3. The fraction of sp³-hybridized carbons (Fsp3) is 0.263. The maximum atomic E-state index is 12.5. The molecule has 2 N–H and O–H groups in total. The van der Waals surface area contributed by atoms with Crippen molar-refractivity contribution < 1.29 is 4.79 Å². The number of rotatable bonds is 3. The fourth-order valence-electron chi connectivity index (χ4n) is 3.31. The summed E-state index contributed by atoms with van der Waals surface area (Å²) in [4.78, 5) is 41.0. The number of halogens is 2. The zero-order valence-electron chi connectivity index (χ0n) is 15.9. The van der Waals surface area contributed by atoms with E-state index in [2.05, 4.69) is 27.8 Å². The summed E-state index contributed by atoms with van der Waals surface area (Å²) in [6.45, 7) is 2.09. The third-order valence-electron chi connectivity index (χ3n) is 4.89. The molecule has 0 saturated heterocycles. The number of fused-ring (bicyclic) bond motifs is 2. The summed E-state index contributed by atoms with van der Waals surface area (Å²) in [5.74, 6) is -0.358. The summed E-state index contributed by atoms with van der Waals surface area (Å²) < 4.78 is 2.29. The molecule has 4 rings (SSSR count). The van der Waals surface area contributed by atoms with Gasteiger partial charge in [0.2, 0.25) is 0 Å². The van der Waals surface area contributed by atoms with E-state index in [1.165, 1.54) is 41.9 Å². The molecular formula is C19H21Cl2N5O3. The number of aromatic nitrogens is 3. The van der Waals surface area contributed by atoms with Crippen LogP contribution < -0.4 is 21.9 Å². The highest BCUT2D eigenvalue weighted by molar-refractivity contribution is 5.94. The third kappa shape index (κ3) is 4.05. The zero-order valence-corrected chi connectivity index (χ0v) is 17.5. The number of hydrogen-bond donors (Lipinski definition) is 2. The normalized spacial score (nSPS) is 12.1. The third-order valence-corrected chi connectivity index (χ3v) is 4.89. The summed E-state index contributed by atoms with van der Waals surface area (Å²) in [6, 6.07) is 9.16. The molecule has 2 aromatic heterocycles. The molecular weight excluding hydrogens is 417 g/mol. The van der Waals surface area contributed by atoms with Crippen molar-refractivity contribution in [1.82, 2.24) is 24.8 Å². The largest absolute Gasteiger partial charge is 0.347 e. The molecule has 0 bridgehead atoms. The Morgan fingerprint density at radius 2 is 1.79 bits per heavy atom. The molecule has 0 saturated carbocycles. The van der Waals surface area contributed by atoms with Gasteiger partial charge in [-0.2, -0.15) is 0 Å². The first-order valence-electron chi connectivity index (χ1n) is 8.62. The van der Waals surface area contributed by atoms with Crippen molar-refractivity contribution >= 4 is 41.8 Å². The maximum absolute atomic E-state index is 12.5. The first kappa shape index (κ1) is 22.6. The van der Waals surface area contributed by atoms with Gasteiger partial charge in [0.1, 0.15) is 11.3 Å². The van der Waals surface area contributed by atoms with Crippen LogP contribution in [-0.2, 0) is 33.7 Å². The monoisotopic (exact) mass is 437 g/mol. The van der Waals surface area contributed by atoms with E-state index in [1.54, 1.807) is 0 Å². The van der Waals surface area contributed by atoms with E-state index in [0.717, 1.165) is 23.2 Å². The lowest BCUT2D eigenvalue weighted by Crippen LogP contribution is -2.37. The summed E-state index contributed by atoms with van der Waals surface area (Å²) in [6.07, 6.45) is 0. The van der Waals surface area contributed by atoms with Gasteiger partial charge >= 0.3 is 5.69 Å². The van der Waals surface area contributed by atoms with Crippen molar-refractivity contribution in [1.29, 1.82) is 0 Å². The highest BCUT2D eigenvalue weighted by atomic mass is 35.5. The molecule has 10 heteroatoms. The van der Waals surface area contributed by atoms with E-state index in [-0.39, 0.29) is 42.1 Å². The van der Waals surface area contributed by atoms with Gasteiger partial charge in [-0.1, -0.05) is 18.2 Å². The molecule has 3 aromatic rings. The van der Waals surface area contributed by atoms with Gasteiger partial charge in [-0.3, -0.25) is 18.7 Å². The van der Waals surface area contributed by atoms with Crippen molar-refractivity contribution in [3.63, 3.8) is 0 Å². The van der Waals surface area contributed by atoms with E-state index < -0.39 is 11.2 Å². The fourth-order valence-corrected chi connectivity index (χ4v) is 3.31. The Balaban J connectivity index is 0.00000150. The standard InChI is InChI=1S/C19H19N5O3.2ClH/c1-23-16-14(18(26)24(2)19(23)27)5-6-15(22-16)17(25)21-8-11-3-4-12-9-20-10-13(12)7-11;;/h3-7,20H,8-10H2,1-2H3,(H,21,25);2*1H. The number of aryl methyl sites for hydroxylation is 1. The number of nitrogens with one attached hydrogen (secondary N) is 2. The molecule has 0 atom stereocenters. The Labute approximate surface area is 178 Å². The Morgan fingerprint density at radius 3 is 2.55 bits per heavy atom. The van der Waals surface area contributed by atoms with Gasteiger partial charge in [0.25, 0.3) is 11.5 Å². The highest BCUT2D eigenvalue weighted by Crippen LogP contribution is 2.17. The van der Waals surface area contributed by atoms with Crippen LogP contribution in [0.15, 0.2) is 39.9 Å². The lowest BCUT2D eigenvalue weighted by molar-refractivity contribution is 0.0946. The van der Waals surface area contributed by atoms with Crippen LogP contribution in [0, 0.1) is 0 Å². The first-order chi connectivity index (χ1) is 13.0. The van der Waals surface area contributed by atoms with Gasteiger partial charge in [-0.25, -0.2) is 9.78 Å². The van der Waals surface area contributed by atoms with Crippen molar-refractivity contribution in [2.24, 2.45) is 14.1 Å². The quantitative estimate of drug-likeness (QED) is 0.636. The number of hydrogen-bond acceptors (Lipinski definition) is 5. The van der Waals surface area contributed by atoms with E-state index in [0.29, 0.717) is 11.9 Å². The summed E-state index contributed by atoms with van der Waals surface area (Å²) in [7, 11) is 2.94. The second-order valence-corrected chi connectivity index (χ2v) is 6.66. The Morgan fingerprint density at radius 1 is 1.07 bits per heavy atom. The molecule has 154 valence electrons. The predicted octanol–water partition coefficient (Wildman–Crippen LogP) is 1.01. The molecule has 0 fully saturated rings. The van der Waals surface area contributed by atoms with Crippen molar-refractivity contribution in [3.05, 3.63) is 73.6 Å². The molecule has 3 heterocycles. The van der Waals surface area contributed by atoms with Crippen LogP contribution in [-0.4, -0.2) is 20.0 Å². The van der Waals surface area contributed by atoms with Crippen LogP contribution in [0.2, 0.25) is 0 Å². The van der Waals surface area contributed by atoms with E-state index >= 15 is 0 Å². The molecule has 29 heavy (non-hydrogen) atoms. The second kappa shape index (κ2) is 8.77. The molecule has 0 spiro atoms. The van der Waals surface area contributed by atoms with Crippen molar-refractivity contribution in [2.45, 2.75) is 19.6 Å². The van der Waals surface area contributed by atoms with Crippen molar-refractivity contribution in [3.8, 4) is 0 Å². The Bertz CT molecular complexity index is 1200. The zero-order chi connectivity index (χ0) is 19.1. The van der Waals surface area contributed by atoms with Crippen LogP contribution >= 0.6 is 24.8 Å². The smallest absolute Gasteiger partial charge is 0.332 e. The molecule has 1 amide bonds. The molecule has 1 aliphatic heterocycles. The summed E-state index contributed by atoms with van der Waals surface area (Å²) >= 11 is 0. The Hall–Kier alpha value is -2.68. The van der Waals surface area contributed by atoms with Crippen LogP contribution in [0.25, 0.3) is 11.0 Å². The summed E-state index contributed by atoms with van der Waals surface area (Å²) in [5, 5.41) is 6.42. The Kier molecular flexibility index (Phi) is 6.84. The van der Waals surface area contributed by atoms with Crippen molar-refractivity contribution in [2.75, 3.05) is 0 Å². The maximum Gasteiger partial charge on any atom is 0.332 e. The average molecular weight is 438 g/mol. The SMILES string of the molecule is Cl.Cl.Cn1c(=O)c2ccc(C(=O)NCc3ccc4c(c3)CNC4)nc2n(C)c1=O. The second-order valence-electron chi connectivity index (χ2n) is 6.66. The molecule has 0 radical (unpaired) electrons. The van der Waals surface area contributed by atoms with Gasteiger partial charge in [0.05, 0.1) is 5.39 Å². The van der Waals surface area contributed by atoms with Gasteiger partial charge in [0.15, 0.2) is 0 Å². The van der Waals surface area contributed by atoms with Gasteiger partial charge < -0.3 is 10.6 Å². The number of carbonyl (C=O) groups is 1. The number of amides is 1. The molecule has 0 unspecified atom stereocenters. The number of pyridine rings is 1. The summed E-state index contributed by atoms with van der Waals surface area (Å²) in [5.41, 5.74) is 2.98. The number of carbonyl (C=O) groups excluding carboxylic acids is 1. The molecule has 0 aliphatic carbocycles. The topological polar surface area (TPSA) is 98.0 Å². The van der Waals surface area contributed by atoms with Crippen LogP contribution in [0.1, 0.15) is 27.2 Å². The molecule has 8 nitrogen and oxygen atoms in total. The minimum atomic E-state index is -0.482. The van der Waals surface area contributed by atoms with Gasteiger partial charge in [0, 0.05) is 33.7 Å². The first-order valence-corrected chi connectivity index (χ1v) is 8.62. The minimum absolute atomic E-state index is 0. The van der Waals surface area contributed by atoms with Gasteiger partial charge in [-0.05, 0) is 28.8 Å². The van der Waals surface area contributed by atoms with Crippen LogP contribution in [0.3, 0.4) is 0 Å². The lowest BCUT2D eigenvalue weighted by atomic mass is 10.1. The van der Waals surface area contributed by atoms with Crippen LogP contribution in [0.4, 0.5) is 0 Å². The minimum Gasteiger partial charge on any atom is -0.347 e. The lowest BCUT2D eigenvalue weighted by Gasteiger charge is -2.09. The van der Waals surface area contributed by atoms with E-state index in [9.17, 15) is 14.4 Å². The van der Waals surface area contributed by atoms with Crippen LogP contribution in [0.5, 0.6) is 0 Å². The average Bonchev–Trinajstić information content (AvgIpc) is 3.16. The highest BCUT2D eigenvalue weighted by Gasteiger charge is 2.14.